The highest BCUT2D eigenvalue weighted by Crippen LogP contribution is 2.35. The molecule has 0 unspecified atom stereocenters. The summed E-state index contributed by atoms with van der Waals surface area (Å²) in [5.41, 5.74) is 0.490. The van der Waals surface area contributed by atoms with Crippen molar-refractivity contribution in [2.24, 2.45) is 5.92 Å². The minimum atomic E-state index is -0.532. The average Bonchev–Trinajstić information content (AvgIpc) is 3.29. The Bertz CT molecular complexity index is 528. The SMILES string of the molecule is O=[N+]([O-])c1cc(F)cc(N(CC2CCNCC2)C2CC2)c1. The number of nitrogens with one attached hydrogen (secondary N) is 1. The van der Waals surface area contributed by atoms with Crippen molar-refractivity contribution in [2.45, 2.75) is 31.7 Å². The maximum Gasteiger partial charge on any atom is 0.274 e. The average molecular weight is 293 g/mol. The van der Waals surface area contributed by atoms with E-state index in [2.05, 4.69) is 10.2 Å². The molecule has 3 rings (SSSR count). The van der Waals surface area contributed by atoms with Crippen LogP contribution in [-0.2, 0) is 0 Å². The van der Waals surface area contributed by atoms with Crippen LogP contribution in [0.15, 0.2) is 18.2 Å². The van der Waals surface area contributed by atoms with E-state index >= 15 is 0 Å². The Morgan fingerprint density at radius 1 is 1.24 bits per heavy atom. The van der Waals surface area contributed by atoms with Gasteiger partial charge in [0.05, 0.1) is 11.0 Å². The van der Waals surface area contributed by atoms with Gasteiger partial charge in [-0.25, -0.2) is 4.39 Å². The Kier molecular flexibility index (Phi) is 4.05. The number of non-ortho nitro benzene ring substituents is 1. The first-order valence-corrected chi connectivity index (χ1v) is 7.56. The highest BCUT2D eigenvalue weighted by atomic mass is 19.1. The quantitative estimate of drug-likeness (QED) is 0.670. The normalized spacial score (nSPS) is 19.5. The number of piperidine rings is 1. The van der Waals surface area contributed by atoms with Crippen molar-refractivity contribution in [2.75, 3.05) is 24.5 Å². The van der Waals surface area contributed by atoms with Crippen molar-refractivity contribution >= 4 is 11.4 Å². The molecule has 1 N–H and O–H groups in total. The molecule has 1 saturated heterocycles. The van der Waals surface area contributed by atoms with E-state index in [9.17, 15) is 14.5 Å². The summed E-state index contributed by atoms with van der Waals surface area (Å²) in [7, 11) is 0. The van der Waals surface area contributed by atoms with Gasteiger partial charge in [-0.2, -0.15) is 0 Å². The summed E-state index contributed by atoms with van der Waals surface area (Å²) in [4.78, 5) is 12.6. The predicted octanol–water partition coefficient (Wildman–Crippen LogP) is 2.70. The number of nitro benzene ring substituents is 1. The van der Waals surface area contributed by atoms with Gasteiger partial charge in [0.15, 0.2) is 0 Å². The van der Waals surface area contributed by atoms with Gasteiger partial charge in [-0.1, -0.05) is 0 Å². The number of anilines is 1. The third-order valence-electron chi connectivity index (χ3n) is 4.31. The van der Waals surface area contributed by atoms with Crippen LogP contribution in [0.4, 0.5) is 15.8 Å². The topological polar surface area (TPSA) is 58.4 Å². The first kappa shape index (κ1) is 14.3. The van der Waals surface area contributed by atoms with E-state index in [0.717, 1.165) is 51.4 Å². The van der Waals surface area contributed by atoms with Gasteiger partial charge in [0.2, 0.25) is 0 Å². The van der Waals surface area contributed by atoms with Crippen LogP contribution in [0.1, 0.15) is 25.7 Å². The number of hydrogen-bond donors (Lipinski definition) is 1. The molecule has 21 heavy (non-hydrogen) atoms. The van der Waals surface area contributed by atoms with Crippen molar-refractivity contribution in [1.29, 1.82) is 0 Å². The lowest BCUT2D eigenvalue weighted by Crippen LogP contribution is -2.37. The third-order valence-corrected chi connectivity index (χ3v) is 4.31. The Morgan fingerprint density at radius 2 is 1.95 bits per heavy atom. The van der Waals surface area contributed by atoms with Crippen molar-refractivity contribution in [3.05, 3.63) is 34.1 Å². The van der Waals surface area contributed by atoms with Gasteiger partial charge in [-0.15, -0.1) is 0 Å². The maximum absolute atomic E-state index is 13.7. The molecule has 0 bridgehead atoms. The number of nitro groups is 1. The van der Waals surface area contributed by atoms with E-state index in [-0.39, 0.29) is 5.69 Å². The van der Waals surface area contributed by atoms with Crippen molar-refractivity contribution < 1.29 is 9.31 Å². The molecule has 1 aromatic rings. The largest absolute Gasteiger partial charge is 0.368 e. The summed E-state index contributed by atoms with van der Waals surface area (Å²) in [6, 6.07) is 4.33. The molecule has 1 aliphatic carbocycles. The molecule has 6 heteroatoms. The summed E-state index contributed by atoms with van der Waals surface area (Å²) >= 11 is 0. The third kappa shape index (κ3) is 3.50. The fraction of sp³-hybridized carbons (Fsp3) is 0.600. The number of nitrogens with zero attached hydrogens (tertiary/aromatic N) is 2. The molecule has 0 spiro atoms. The van der Waals surface area contributed by atoms with E-state index in [0.29, 0.717) is 17.6 Å². The molecule has 1 saturated carbocycles. The number of halogens is 1. The molecule has 5 nitrogen and oxygen atoms in total. The van der Waals surface area contributed by atoms with Gasteiger partial charge in [-0.05, 0) is 50.8 Å². The summed E-state index contributed by atoms with van der Waals surface area (Å²) < 4.78 is 13.7. The molecule has 114 valence electrons. The molecule has 0 aromatic heterocycles. The highest BCUT2D eigenvalue weighted by molar-refractivity contribution is 5.55. The van der Waals surface area contributed by atoms with Crippen LogP contribution in [0.3, 0.4) is 0 Å². The summed E-state index contributed by atoms with van der Waals surface area (Å²) in [6.45, 7) is 2.91. The van der Waals surface area contributed by atoms with E-state index in [4.69, 9.17) is 0 Å². The summed E-state index contributed by atoms with van der Waals surface area (Å²) in [5, 5.41) is 14.3. The van der Waals surface area contributed by atoms with Crippen molar-refractivity contribution in [3.63, 3.8) is 0 Å². The lowest BCUT2D eigenvalue weighted by Gasteiger charge is -2.31. The van der Waals surface area contributed by atoms with Crippen LogP contribution in [0.25, 0.3) is 0 Å². The zero-order valence-electron chi connectivity index (χ0n) is 11.9. The molecular formula is C15H20FN3O2. The van der Waals surface area contributed by atoms with Gasteiger partial charge < -0.3 is 10.2 Å². The predicted molar refractivity (Wildman–Crippen MR) is 79.0 cm³/mol. The van der Waals surface area contributed by atoms with E-state index < -0.39 is 10.7 Å². The molecule has 0 amide bonds. The van der Waals surface area contributed by atoms with Crippen LogP contribution in [-0.4, -0.2) is 30.6 Å². The second-order valence-corrected chi connectivity index (χ2v) is 6.00. The first-order chi connectivity index (χ1) is 10.1. The standard InChI is InChI=1S/C15H20FN3O2/c16-12-7-14(9-15(8-12)19(20)21)18(13-1-2-13)10-11-3-5-17-6-4-11/h7-9,11,13,17H,1-6,10H2. The molecule has 1 aromatic carbocycles. The lowest BCUT2D eigenvalue weighted by atomic mass is 9.97. The lowest BCUT2D eigenvalue weighted by molar-refractivity contribution is -0.385. The molecule has 0 atom stereocenters. The van der Waals surface area contributed by atoms with Crippen LogP contribution >= 0.6 is 0 Å². The number of hydrogen-bond acceptors (Lipinski definition) is 4. The van der Waals surface area contributed by atoms with Gasteiger partial charge >= 0.3 is 0 Å². The molecular weight excluding hydrogens is 273 g/mol. The Labute approximate surface area is 123 Å². The van der Waals surface area contributed by atoms with Gasteiger partial charge in [0.25, 0.3) is 5.69 Å². The van der Waals surface area contributed by atoms with Crippen molar-refractivity contribution in [1.82, 2.24) is 5.32 Å². The Hall–Kier alpha value is -1.69. The van der Waals surface area contributed by atoms with E-state index in [1.807, 2.05) is 0 Å². The Morgan fingerprint density at radius 3 is 2.57 bits per heavy atom. The second kappa shape index (κ2) is 5.97. The van der Waals surface area contributed by atoms with Gasteiger partial charge in [0, 0.05) is 24.3 Å². The molecule has 1 aliphatic heterocycles. The molecule has 0 radical (unpaired) electrons. The second-order valence-electron chi connectivity index (χ2n) is 6.00. The molecule has 1 heterocycles. The van der Waals surface area contributed by atoms with Gasteiger partial charge in [0.1, 0.15) is 5.82 Å². The number of benzene rings is 1. The highest BCUT2D eigenvalue weighted by Gasteiger charge is 2.32. The minimum absolute atomic E-state index is 0.166. The first-order valence-electron chi connectivity index (χ1n) is 7.56. The fourth-order valence-corrected chi connectivity index (χ4v) is 3.02. The van der Waals surface area contributed by atoms with Gasteiger partial charge in [-0.3, -0.25) is 10.1 Å². The van der Waals surface area contributed by atoms with Crippen molar-refractivity contribution in [3.8, 4) is 0 Å². The van der Waals surface area contributed by atoms with Crippen LogP contribution in [0, 0.1) is 21.8 Å². The summed E-state index contributed by atoms with van der Waals surface area (Å²) in [6.07, 6.45) is 4.41. The zero-order valence-corrected chi connectivity index (χ0v) is 11.9. The smallest absolute Gasteiger partial charge is 0.274 e. The monoisotopic (exact) mass is 293 g/mol. The summed E-state index contributed by atoms with van der Waals surface area (Å²) in [5.74, 6) is 0.0457. The number of rotatable bonds is 5. The van der Waals surface area contributed by atoms with Crippen LogP contribution in [0.2, 0.25) is 0 Å². The van der Waals surface area contributed by atoms with E-state index in [1.54, 1.807) is 0 Å². The van der Waals surface area contributed by atoms with Crippen LogP contribution < -0.4 is 10.2 Å². The minimum Gasteiger partial charge on any atom is -0.368 e. The Balaban J connectivity index is 1.81. The van der Waals surface area contributed by atoms with E-state index in [1.165, 1.54) is 12.1 Å². The zero-order chi connectivity index (χ0) is 14.8. The molecule has 2 aliphatic rings. The molecule has 2 fully saturated rings. The van der Waals surface area contributed by atoms with Crippen LogP contribution in [0.5, 0.6) is 0 Å². The fourth-order valence-electron chi connectivity index (χ4n) is 3.02. The maximum atomic E-state index is 13.7.